The van der Waals surface area contributed by atoms with Gasteiger partial charge >= 0.3 is 5.97 Å². The molecule has 1 heterocycles. The van der Waals surface area contributed by atoms with E-state index in [9.17, 15) is 9.18 Å². The third-order valence-electron chi connectivity index (χ3n) is 1.75. The molecule has 4 nitrogen and oxygen atoms in total. The average Bonchev–Trinajstić information content (AvgIpc) is 2.14. The van der Waals surface area contributed by atoms with Crippen molar-refractivity contribution < 1.29 is 24.1 Å². The number of rotatable bonds is 1. The minimum atomic E-state index is -2.38. The van der Waals surface area contributed by atoms with Crippen LogP contribution < -0.4 is 0 Å². The maximum Gasteiger partial charge on any atom is 0.346 e. The molecule has 0 saturated carbocycles. The highest BCUT2D eigenvalue weighted by Gasteiger charge is 2.54. The molecule has 0 aromatic rings. The molecule has 1 saturated heterocycles. The number of hydrogen-bond acceptors (Lipinski definition) is 4. The summed E-state index contributed by atoms with van der Waals surface area (Å²) in [5.41, 5.74) is -2.38. The van der Waals surface area contributed by atoms with Crippen LogP contribution in [0.25, 0.3) is 0 Å². The van der Waals surface area contributed by atoms with Crippen molar-refractivity contribution in [2.24, 2.45) is 0 Å². The number of hydrogen-bond donors (Lipinski definition) is 2. The van der Waals surface area contributed by atoms with Crippen LogP contribution in [0.15, 0.2) is 0 Å². The van der Waals surface area contributed by atoms with Crippen LogP contribution in [0.5, 0.6) is 0 Å². The van der Waals surface area contributed by atoms with Gasteiger partial charge in [-0.25, -0.2) is 9.18 Å². The minimum absolute atomic E-state index is 0.563. The molecule has 0 amide bonds. The normalized spacial score (nSPS) is 44.2. The molecule has 1 aliphatic rings. The van der Waals surface area contributed by atoms with E-state index in [0.29, 0.717) is 0 Å². The summed E-state index contributed by atoms with van der Waals surface area (Å²) in [6, 6.07) is 0. The van der Waals surface area contributed by atoms with E-state index in [2.05, 4.69) is 4.74 Å². The summed E-state index contributed by atoms with van der Waals surface area (Å²) in [5, 5.41) is 17.5. The zero-order valence-corrected chi connectivity index (χ0v) is 5.95. The zero-order valence-electron chi connectivity index (χ0n) is 5.95. The number of cyclic esters (lactones) is 1. The van der Waals surface area contributed by atoms with Crippen LogP contribution in [0.1, 0.15) is 6.92 Å². The first-order chi connectivity index (χ1) is 5.00. The molecule has 0 aliphatic carbocycles. The smallest absolute Gasteiger partial charge is 0.346 e. The largest absolute Gasteiger partial charge is 0.455 e. The lowest BCUT2D eigenvalue weighted by Gasteiger charge is -2.14. The van der Waals surface area contributed by atoms with Gasteiger partial charge in [-0.3, -0.25) is 0 Å². The van der Waals surface area contributed by atoms with E-state index in [1.165, 1.54) is 0 Å². The fourth-order valence-corrected chi connectivity index (χ4v) is 0.924. The zero-order chi connectivity index (χ0) is 8.65. The van der Waals surface area contributed by atoms with Gasteiger partial charge in [0.2, 0.25) is 5.67 Å². The number of esters is 1. The fourth-order valence-electron chi connectivity index (χ4n) is 0.924. The number of ether oxygens (including phenoxy) is 1. The molecule has 0 bridgehead atoms. The lowest BCUT2D eigenvalue weighted by Crippen LogP contribution is -2.40. The summed E-state index contributed by atoms with van der Waals surface area (Å²) in [7, 11) is 0. The second kappa shape index (κ2) is 2.42. The Bertz CT molecular complexity index is 179. The standard InChI is InChI=1S/C6H9FO4/c1-6(7)4(9)3(2-8)11-5(6)10/h3-4,8-9H,2H2,1H3/t3-,4+,6+/m0/s1. The molecule has 1 rings (SSSR count). The highest BCUT2D eigenvalue weighted by atomic mass is 19.1. The lowest BCUT2D eigenvalue weighted by atomic mass is 10.0. The van der Waals surface area contributed by atoms with Crippen molar-refractivity contribution in [3.8, 4) is 0 Å². The fraction of sp³-hybridized carbons (Fsp3) is 0.833. The Morgan fingerprint density at radius 1 is 1.82 bits per heavy atom. The first kappa shape index (κ1) is 8.42. The predicted octanol–water partition coefficient (Wildman–Crippen LogP) is -1.01. The maximum atomic E-state index is 13.0. The topological polar surface area (TPSA) is 66.8 Å². The Labute approximate surface area is 62.6 Å². The molecule has 3 atom stereocenters. The first-order valence-electron chi connectivity index (χ1n) is 3.19. The Kier molecular flexibility index (Phi) is 1.85. The van der Waals surface area contributed by atoms with Crippen LogP contribution in [0.3, 0.4) is 0 Å². The summed E-state index contributed by atoms with van der Waals surface area (Å²) in [5.74, 6) is -1.12. The molecule has 1 aliphatic heterocycles. The molecule has 64 valence electrons. The van der Waals surface area contributed by atoms with E-state index < -0.39 is 30.5 Å². The third-order valence-corrected chi connectivity index (χ3v) is 1.75. The van der Waals surface area contributed by atoms with E-state index in [4.69, 9.17) is 10.2 Å². The number of halogens is 1. The summed E-state index contributed by atoms with van der Waals surface area (Å²) < 4.78 is 17.3. The van der Waals surface area contributed by atoms with Gasteiger partial charge < -0.3 is 14.9 Å². The van der Waals surface area contributed by atoms with Crippen molar-refractivity contribution >= 4 is 5.97 Å². The molecule has 1 fully saturated rings. The number of carbonyl (C=O) groups is 1. The second-order valence-electron chi connectivity index (χ2n) is 2.65. The molecule has 0 unspecified atom stereocenters. The van der Waals surface area contributed by atoms with E-state index in [0.717, 1.165) is 6.92 Å². The number of carbonyl (C=O) groups excluding carboxylic acids is 1. The summed E-state index contributed by atoms with van der Waals surface area (Å²) in [6.07, 6.45) is -2.70. The monoisotopic (exact) mass is 164 g/mol. The molecule has 0 aromatic carbocycles. The number of alkyl halides is 1. The van der Waals surface area contributed by atoms with Gasteiger partial charge in [-0.2, -0.15) is 0 Å². The Morgan fingerprint density at radius 3 is 2.55 bits per heavy atom. The van der Waals surface area contributed by atoms with Crippen LogP contribution in [0.2, 0.25) is 0 Å². The molecule has 0 aromatic heterocycles. The van der Waals surface area contributed by atoms with Gasteiger partial charge in [0.25, 0.3) is 0 Å². The molecular formula is C6H9FO4. The Hall–Kier alpha value is -0.680. The lowest BCUT2D eigenvalue weighted by molar-refractivity contribution is -0.150. The quantitative estimate of drug-likeness (QED) is 0.487. The van der Waals surface area contributed by atoms with Crippen LogP contribution in [0.4, 0.5) is 4.39 Å². The molecule has 2 N–H and O–H groups in total. The van der Waals surface area contributed by atoms with Crippen LogP contribution in [-0.4, -0.2) is 40.7 Å². The second-order valence-corrected chi connectivity index (χ2v) is 2.65. The summed E-state index contributed by atoms with van der Waals surface area (Å²) >= 11 is 0. The maximum absolute atomic E-state index is 13.0. The van der Waals surface area contributed by atoms with Crippen molar-refractivity contribution in [2.45, 2.75) is 24.8 Å². The van der Waals surface area contributed by atoms with Crippen molar-refractivity contribution in [3.05, 3.63) is 0 Å². The van der Waals surface area contributed by atoms with Gasteiger partial charge in [-0.15, -0.1) is 0 Å². The highest BCUT2D eigenvalue weighted by molar-refractivity contribution is 5.82. The predicted molar refractivity (Wildman–Crippen MR) is 32.5 cm³/mol. The number of aliphatic hydroxyl groups excluding tert-OH is 2. The number of aliphatic hydroxyl groups is 2. The van der Waals surface area contributed by atoms with Gasteiger partial charge in [0.1, 0.15) is 6.10 Å². The van der Waals surface area contributed by atoms with Gasteiger partial charge in [0, 0.05) is 0 Å². The highest BCUT2D eigenvalue weighted by Crippen LogP contribution is 2.29. The third kappa shape index (κ3) is 1.10. The molecule has 0 spiro atoms. The molecular weight excluding hydrogens is 155 g/mol. The molecule has 0 radical (unpaired) electrons. The molecule has 5 heteroatoms. The Balaban J connectivity index is 2.80. The average molecular weight is 164 g/mol. The SMILES string of the molecule is C[C@]1(F)C(=O)O[C@@H](CO)[C@H]1O. The van der Waals surface area contributed by atoms with Gasteiger partial charge in [-0.1, -0.05) is 0 Å². The summed E-state index contributed by atoms with van der Waals surface area (Å²) in [4.78, 5) is 10.6. The van der Waals surface area contributed by atoms with Crippen molar-refractivity contribution in [2.75, 3.05) is 6.61 Å². The van der Waals surface area contributed by atoms with Crippen LogP contribution in [0, 0.1) is 0 Å². The van der Waals surface area contributed by atoms with Crippen LogP contribution in [-0.2, 0) is 9.53 Å². The van der Waals surface area contributed by atoms with Gasteiger partial charge in [0.15, 0.2) is 6.10 Å². The van der Waals surface area contributed by atoms with Crippen molar-refractivity contribution in [3.63, 3.8) is 0 Å². The van der Waals surface area contributed by atoms with E-state index in [1.807, 2.05) is 0 Å². The van der Waals surface area contributed by atoms with Gasteiger partial charge in [0.05, 0.1) is 6.61 Å². The molecule has 11 heavy (non-hydrogen) atoms. The van der Waals surface area contributed by atoms with Crippen molar-refractivity contribution in [1.82, 2.24) is 0 Å². The van der Waals surface area contributed by atoms with Gasteiger partial charge in [-0.05, 0) is 6.92 Å². The Morgan fingerprint density at radius 2 is 2.36 bits per heavy atom. The van der Waals surface area contributed by atoms with E-state index >= 15 is 0 Å². The van der Waals surface area contributed by atoms with E-state index in [1.54, 1.807) is 0 Å². The van der Waals surface area contributed by atoms with Crippen LogP contribution >= 0.6 is 0 Å². The summed E-state index contributed by atoms with van der Waals surface area (Å²) in [6.45, 7) is 0.363. The van der Waals surface area contributed by atoms with E-state index in [-0.39, 0.29) is 0 Å². The first-order valence-corrected chi connectivity index (χ1v) is 3.19. The van der Waals surface area contributed by atoms with Crippen molar-refractivity contribution in [1.29, 1.82) is 0 Å². The minimum Gasteiger partial charge on any atom is -0.455 e.